The topological polar surface area (TPSA) is 97.1 Å². The van der Waals surface area contributed by atoms with Crippen LogP contribution in [0.3, 0.4) is 0 Å². The molecule has 4 rings (SSSR count). The molecule has 1 saturated heterocycles. The van der Waals surface area contributed by atoms with Crippen molar-refractivity contribution in [3.63, 3.8) is 0 Å². The third kappa shape index (κ3) is 4.27. The lowest BCUT2D eigenvalue weighted by Gasteiger charge is -2.34. The number of piperazine rings is 1. The fourth-order valence-electron chi connectivity index (χ4n) is 3.52. The maximum absolute atomic E-state index is 12.5. The van der Waals surface area contributed by atoms with Crippen LogP contribution in [0.5, 0.6) is 11.5 Å². The van der Waals surface area contributed by atoms with Crippen molar-refractivity contribution in [1.29, 1.82) is 0 Å². The fraction of sp³-hybridized carbons (Fsp3) is 0.333. The van der Waals surface area contributed by atoms with Gasteiger partial charge in [-0.05, 0) is 42.3 Å². The standard InChI is InChI=1S/C21H24N4O4/c1-14-2-4-17(16(22)10-14)23-20(26)21(27)25-8-6-24(7-9-25)12-15-3-5-18-19(11-15)29-13-28-18/h2-5,10-11H,6-9,12-13,22H2,1H3,(H,23,26). The zero-order valence-corrected chi connectivity index (χ0v) is 16.3. The van der Waals surface area contributed by atoms with E-state index in [2.05, 4.69) is 10.2 Å². The molecular weight excluding hydrogens is 372 g/mol. The Morgan fingerprint density at radius 3 is 2.55 bits per heavy atom. The van der Waals surface area contributed by atoms with Crippen molar-refractivity contribution in [2.24, 2.45) is 0 Å². The summed E-state index contributed by atoms with van der Waals surface area (Å²) in [5, 5.41) is 2.61. The van der Waals surface area contributed by atoms with Gasteiger partial charge in [0, 0.05) is 32.7 Å². The van der Waals surface area contributed by atoms with Crippen LogP contribution in [-0.2, 0) is 16.1 Å². The quantitative estimate of drug-likeness (QED) is 0.604. The highest BCUT2D eigenvalue weighted by molar-refractivity contribution is 6.39. The number of hydrogen-bond donors (Lipinski definition) is 2. The summed E-state index contributed by atoms with van der Waals surface area (Å²) < 4.78 is 10.8. The molecule has 2 aliphatic rings. The highest BCUT2D eigenvalue weighted by Crippen LogP contribution is 2.32. The molecule has 0 aliphatic carbocycles. The molecule has 2 aromatic rings. The van der Waals surface area contributed by atoms with Crippen LogP contribution in [0, 0.1) is 6.92 Å². The summed E-state index contributed by atoms with van der Waals surface area (Å²) in [4.78, 5) is 28.7. The lowest BCUT2D eigenvalue weighted by atomic mass is 10.1. The summed E-state index contributed by atoms with van der Waals surface area (Å²) in [6.07, 6.45) is 0. The predicted octanol–water partition coefficient (Wildman–Crippen LogP) is 1.59. The molecule has 0 unspecified atom stereocenters. The Hall–Kier alpha value is -3.26. The number of carbonyl (C=O) groups is 2. The maximum Gasteiger partial charge on any atom is 0.313 e. The molecule has 152 valence electrons. The van der Waals surface area contributed by atoms with Gasteiger partial charge in [-0.15, -0.1) is 0 Å². The number of amides is 2. The summed E-state index contributed by atoms with van der Waals surface area (Å²) in [5.41, 5.74) is 8.93. The van der Waals surface area contributed by atoms with Gasteiger partial charge in [0.15, 0.2) is 11.5 Å². The van der Waals surface area contributed by atoms with Gasteiger partial charge in [-0.2, -0.15) is 0 Å². The normalized spacial score (nSPS) is 16.0. The SMILES string of the molecule is Cc1ccc(NC(=O)C(=O)N2CCN(Cc3ccc4c(c3)OCO4)CC2)c(N)c1. The first-order valence-corrected chi connectivity index (χ1v) is 9.57. The molecule has 0 saturated carbocycles. The zero-order chi connectivity index (χ0) is 20.4. The van der Waals surface area contributed by atoms with Crippen molar-refractivity contribution >= 4 is 23.2 Å². The molecule has 1 fully saturated rings. The second kappa shape index (κ2) is 8.00. The molecule has 2 aliphatic heterocycles. The number of benzene rings is 2. The summed E-state index contributed by atoms with van der Waals surface area (Å²) in [7, 11) is 0. The average Bonchev–Trinajstić information content (AvgIpc) is 3.18. The van der Waals surface area contributed by atoms with Gasteiger partial charge in [0.05, 0.1) is 11.4 Å². The molecule has 2 heterocycles. The van der Waals surface area contributed by atoms with Gasteiger partial charge in [-0.3, -0.25) is 14.5 Å². The molecule has 0 aromatic heterocycles. The molecule has 8 nitrogen and oxygen atoms in total. The monoisotopic (exact) mass is 396 g/mol. The molecule has 3 N–H and O–H groups in total. The van der Waals surface area contributed by atoms with E-state index in [0.717, 1.165) is 29.2 Å². The minimum absolute atomic E-state index is 0.260. The Balaban J connectivity index is 1.29. The summed E-state index contributed by atoms with van der Waals surface area (Å²) in [5.74, 6) is 0.338. The van der Waals surface area contributed by atoms with Crippen molar-refractivity contribution in [3.8, 4) is 11.5 Å². The van der Waals surface area contributed by atoms with Gasteiger partial charge < -0.3 is 25.4 Å². The van der Waals surface area contributed by atoms with Crippen molar-refractivity contribution in [1.82, 2.24) is 9.80 Å². The molecule has 2 aromatic carbocycles. The first kappa shape index (κ1) is 19.1. The summed E-state index contributed by atoms with van der Waals surface area (Å²) >= 11 is 0. The van der Waals surface area contributed by atoms with Crippen LogP contribution in [0.25, 0.3) is 0 Å². The Bertz CT molecular complexity index is 938. The number of nitrogens with zero attached hydrogens (tertiary/aromatic N) is 2. The second-order valence-electron chi connectivity index (χ2n) is 7.30. The van der Waals surface area contributed by atoms with Gasteiger partial charge in [0.1, 0.15) is 0 Å². The van der Waals surface area contributed by atoms with Crippen molar-refractivity contribution in [2.45, 2.75) is 13.5 Å². The van der Waals surface area contributed by atoms with Crippen LogP contribution < -0.4 is 20.5 Å². The molecule has 0 atom stereocenters. The zero-order valence-electron chi connectivity index (χ0n) is 16.3. The number of hydrogen-bond acceptors (Lipinski definition) is 6. The number of carbonyl (C=O) groups excluding carboxylic acids is 2. The van der Waals surface area contributed by atoms with Crippen LogP contribution in [-0.4, -0.2) is 54.6 Å². The third-order valence-electron chi connectivity index (χ3n) is 5.15. The molecular formula is C21H24N4O4. The van der Waals surface area contributed by atoms with Crippen LogP contribution in [0.2, 0.25) is 0 Å². The number of anilines is 2. The van der Waals surface area contributed by atoms with E-state index in [4.69, 9.17) is 15.2 Å². The average molecular weight is 396 g/mol. The number of ether oxygens (including phenoxy) is 2. The van der Waals surface area contributed by atoms with E-state index in [1.807, 2.05) is 31.2 Å². The fourth-order valence-corrected chi connectivity index (χ4v) is 3.52. The minimum Gasteiger partial charge on any atom is -0.454 e. The first-order chi connectivity index (χ1) is 14.0. The highest BCUT2D eigenvalue weighted by atomic mass is 16.7. The number of nitrogens with one attached hydrogen (secondary N) is 1. The summed E-state index contributed by atoms with van der Waals surface area (Å²) in [6, 6.07) is 11.2. The Morgan fingerprint density at radius 1 is 1.03 bits per heavy atom. The maximum atomic E-state index is 12.5. The minimum atomic E-state index is -0.662. The van der Waals surface area contributed by atoms with Crippen molar-refractivity contribution < 1.29 is 19.1 Å². The lowest BCUT2D eigenvalue weighted by molar-refractivity contribution is -0.144. The Kier molecular flexibility index (Phi) is 5.26. The second-order valence-corrected chi connectivity index (χ2v) is 7.30. The van der Waals surface area contributed by atoms with Crippen molar-refractivity contribution in [2.75, 3.05) is 44.0 Å². The number of nitrogen functional groups attached to an aromatic ring is 1. The van der Waals surface area contributed by atoms with Gasteiger partial charge >= 0.3 is 11.8 Å². The van der Waals surface area contributed by atoms with Crippen LogP contribution in [0.1, 0.15) is 11.1 Å². The largest absolute Gasteiger partial charge is 0.454 e. The van der Waals surface area contributed by atoms with E-state index < -0.39 is 11.8 Å². The first-order valence-electron chi connectivity index (χ1n) is 9.57. The molecule has 29 heavy (non-hydrogen) atoms. The van der Waals surface area contributed by atoms with E-state index in [-0.39, 0.29) is 6.79 Å². The van der Waals surface area contributed by atoms with Gasteiger partial charge in [-0.25, -0.2) is 0 Å². The third-order valence-corrected chi connectivity index (χ3v) is 5.15. The van der Waals surface area contributed by atoms with Crippen LogP contribution in [0.4, 0.5) is 11.4 Å². The number of aryl methyl sites for hydroxylation is 1. The van der Waals surface area contributed by atoms with Gasteiger partial charge in [0.25, 0.3) is 0 Å². The van der Waals surface area contributed by atoms with E-state index in [0.29, 0.717) is 37.6 Å². The van der Waals surface area contributed by atoms with Crippen LogP contribution >= 0.6 is 0 Å². The number of rotatable bonds is 3. The Labute approximate surface area is 169 Å². The number of nitrogens with two attached hydrogens (primary N) is 1. The van der Waals surface area contributed by atoms with Crippen molar-refractivity contribution in [3.05, 3.63) is 47.5 Å². The summed E-state index contributed by atoms with van der Waals surface area (Å²) in [6.45, 7) is 5.32. The van der Waals surface area contributed by atoms with Gasteiger partial charge in [0.2, 0.25) is 6.79 Å². The smallest absolute Gasteiger partial charge is 0.313 e. The van der Waals surface area contributed by atoms with E-state index >= 15 is 0 Å². The molecule has 0 spiro atoms. The van der Waals surface area contributed by atoms with E-state index in [9.17, 15) is 9.59 Å². The molecule has 8 heteroatoms. The lowest BCUT2D eigenvalue weighted by Crippen LogP contribution is -2.51. The highest BCUT2D eigenvalue weighted by Gasteiger charge is 2.26. The van der Waals surface area contributed by atoms with Crippen LogP contribution in [0.15, 0.2) is 36.4 Å². The van der Waals surface area contributed by atoms with Gasteiger partial charge in [-0.1, -0.05) is 12.1 Å². The predicted molar refractivity (Wildman–Crippen MR) is 109 cm³/mol. The molecule has 0 radical (unpaired) electrons. The van der Waals surface area contributed by atoms with E-state index in [1.165, 1.54) is 0 Å². The molecule has 0 bridgehead atoms. The number of fused-ring (bicyclic) bond motifs is 1. The van der Waals surface area contributed by atoms with E-state index in [1.54, 1.807) is 17.0 Å². The molecule has 2 amide bonds. The Morgan fingerprint density at radius 2 is 1.79 bits per heavy atom.